The standard InChI is InChI=1S/C24H36N4O8/c1-4-13(2)19(24(35)36)27-22(33)17(12-15-8-6-5-7-9-15)26-23(34)20(14(3)29)28-21(32)16(25)10-11-18(30)31/h5-9,13-14,16-17,19-20,29H,4,10-12,25H2,1-3H3,(H,26,34)(H,27,33)(H,28,32)(H,30,31)(H,35,36). The highest BCUT2D eigenvalue weighted by Gasteiger charge is 2.33. The Morgan fingerprint density at radius 3 is 1.97 bits per heavy atom. The van der Waals surface area contributed by atoms with Gasteiger partial charge in [-0.05, 0) is 24.8 Å². The lowest BCUT2D eigenvalue weighted by molar-refractivity contribution is -0.144. The van der Waals surface area contributed by atoms with Gasteiger partial charge in [0, 0.05) is 12.8 Å². The molecule has 12 nitrogen and oxygen atoms in total. The summed E-state index contributed by atoms with van der Waals surface area (Å²) < 4.78 is 0. The summed E-state index contributed by atoms with van der Waals surface area (Å²) in [5.41, 5.74) is 6.36. The summed E-state index contributed by atoms with van der Waals surface area (Å²) in [5, 5.41) is 35.6. The van der Waals surface area contributed by atoms with Crippen molar-refractivity contribution in [1.29, 1.82) is 0 Å². The second kappa shape index (κ2) is 14.8. The van der Waals surface area contributed by atoms with Gasteiger partial charge >= 0.3 is 11.9 Å². The molecule has 0 aromatic heterocycles. The smallest absolute Gasteiger partial charge is 0.326 e. The van der Waals surface area contributed by atoms with Crippen LogP contribution in [0.15, 0.2) is 30.3 Å². The maximum Gasteiger partial charge on any atom is 0.326 e. The van der Waals surface area contributed by atoms with Crippen LogP contribution in [0.1, 0.15) is 45.6 Å². The van der Waals surface area contributed by atoms with Crippen LogP contribution in [0.2, 0.25) is 0 Å². The number of carboxylic acids is 2. The molecule has 12 heteroatoms. The molecule has 3 amide bonds. The molecule has 1 aromatic carbocycles. The third-order valence-electron chi connectivity index (χ3n) is 5.76. The lowest BCUT2D eigenvalue weighted by Gasteiger charge is -2.27. The predicted octanol–water partition coefficient (Wildman–Crippen LogP) is -0.613. The van der Waals surface area contributed by atoms with Gasteiger partial charge in [-0.1, -0.05) is 50.6 Å². The molecular weight excluding hydrogens is 472 g/mol. The molecule has 0 heterocycles. The van der Waals surface area contributed by atoms with Crippen LogP contribution in [0.3, 0.4) is 0 Å². The van der Waals surface area contributed by atoms with Crippen molar-refractivity contribution in [2.75, 3.05) is 0 Å². The van der Waals surface area contributed by atoms with Gasteiger partial charge in [-0.3, -0.25) is 19.2 Å². The number of aliphatic carboxylic acids is 2. The van der Waals surface area contributed by atoms with Crippen LogP contribution in [0.25, 0.3) is 0 Å². The first kappa shape index (κ1) is 30.5. The van der Waals surface area contributed by atoms with Gasteiger partial charge in [0.15, 0.2) is 0 Å². The Bertz CT molecular complexity index is 909. The van der Waals surface area contributed by atoms with E-state index in [9.17, 15) is 34.2 Å². The first-order chi connectivity index (χ1) is 16.9. The third kappa shape index (κ3) is 10.0. The minimum Gasteiger partial charge on any atom is -0.481 e. The maximum absolute atomic E-state index is 13.1. The highest BCUT2D eigenvalue weighted by Crippen LogP contribution is 2.10. The number of aliphatic hydroxyl groups is 1. The van der Waals surface area contributed by atoms with E-state index in [4.69, 9.17) is 10.8 Å². The van der Waals surface area contributed by atoms with Gasteiger partial charge in [0.1, 0.15) is 18.1 Å². The summed E-state index contributed by atoms with van der Waals surface area (Å²) in [5.74, 6) is -5.22. The van der Waals surface area contributed by atoms with E-state index in [-0.39, 0.29) is 25.2 Å². The normalized spacial score (nSPS) is 15.9. The lowest BCUT2D eigenvalue weighted by Crippen LogP contribution is -2.60. The maximum atomic E-state index is 13.1. The molecule has 0 bridgehead atoms. The quantitative estimate of drug-likeness (QED) is 0.161. The SMILES string of the molecule is CCC(C)C(NC(=O)C(Cc1ccccc1)NC(=O)C(NC(=O)C(N)CCC(=O)O)C(C)O)C(=O)O. The molecular formula is C24H36N4O8. The average molecular weight is 509 g/mol. The fourth-order valence-corrected chi connectivity index (χ4v) is 3.33. The molecule has 36 heavy (non-hydrogen) atoms. The van der Waals surface area contributed by atoms with Gasteiger partial charge in [-0.15, -0.1) is 0 Å². The van der Waals surface area contributed by atoms with Crippen LogP contribution in [-0.4, -0.2) is 75.3 Å². The van der Waals surface area contributed by atoms with Crippen molar-refractivity contribution >= 4 is 29.7 Å². The summed E-state index contributed by atoms with van der Waals surface area (Å²) in [4.78, 5) is 60.8. The Labute approximate surface area is 209 Å². The van der Waals surface area contributed by atoms with E-state index in [0.717, 1.165) is 0 Å². The molecule has 0 radical (unpaired) electrons. The summed E-state index contributed by atoms with van der Waals surface area (Å²) in [7, 11) is 0. The average Bonchev–Trinajstić information content (AvgIpc) is 2.83. The molecule has 1 aromatic rings. The van der Waals surface area contributed by atoms with E-state index in [2.05, 4.69) is 16.0 Å². The number of nitrogens with two attached hydrogens (primary N) is 1. The van der Waals surface area contributed by atoms with E-state index >= 15 is 0 Å². The highest BCUT2D eigenvalue weighted by molar-refractivity contribution is 5.94. The van der Waals surface area contributed by atoms with Crippen molar-refractivity contribution in [2.45, 2.75) is 76.7 Å². The molecule has 6 unspecified atom stereocenters. The minimum absolute atomic E-state index is 0.0177. The van der Waals surface area contributed by atoms with Crippen molar-refractivity contribution in [3.63, 3.8) is 0 Å². The number of benzene rings is 1. The van der Waals surface area contributed by atoms with Crippen molar-refractivity contribution in [2.24, 2.45) is 11.7 Å². The number of amides is 3. The van der Waals surface area contributed by atoms with Gasteiger partial charge in [0.25, 0.3) is 0 Å². The Hall–Kier alpha value is -3.51. The Morgan fingerprint density at radius 1 is 0.889 bits per heavy atom. The van der Waals surface area contributed by atoms with Gasteiger partial charge in [0.05, 0.1) is 12.1 Å². The van der Waals surface area contributed by atoms with Crippen molar-refractivity contribution < 1.29 is 39.3 Å². The molecule has 0 saturated heterocycles. The van der Waals surface area contributed by atoms with Gasteiger partial charge < -0.3 is 37.0 Å². The second-order valence-electron chi connectivity index (χ2n) is 8.73. The number of hydrogen-bond donors (Lipinski definition) is 7. The molecule has 0 aliphatic carbocycles. The molecule has 0 aliphatic rings. The molecule has 1 rings (SSSR count). The number of hydrogen-bond acceptors (Lipinski definition) is 7. The van der Waals surface area contributed by atoms with Crippen LogP contribution >= 0.6 is 0 Å². The largest absolute Gasteiger partial charge is 0.481 e. The Kier molecular flexibility index (Phi) is 12.5. The monoisotopic (exact) mass is 508 g/mol. The van der Waals surface area contributed by atoms with Crippen LogP contribution in [-0.2, 0) is 30.4 Å². The van der Waals surface area contributed by atoms with E-state index in [1.165, 1.54) is 6.92 Å². The van der Waals surface area contributed by atoms with Gasteiger partial charge in [-0.2, -0.15) is 0 Å². The molecule has 6 atom stereocenters. The van der Waals surface area contributed by atoms with E-state index in [0.29, 0.717) is 12.0 Å². The summed E-state index contributed by atoms with van der Waals surface area (Å²) in [6.45, 7) is 4.71. The fourth-order valence-electron chi connectivity index (χ4n) is 3.33. The van der Waals surface area contributed by atoms with Crippen LogP contribution in [0, 0.1) is 5.92 Å². The summed E-state index contributed by atoms with van der Waals surface area (Å²) in [6, 6.07) is 3.57. The second-order valence-corrected chi connectivity index (χ2v) is 8.73. The topological polar surface area (TPSA) is 208 Å². The van der Waals surface area contributed by atoms with Crippen LogP contribution in [0.5, 0.6) is 0 Å². The van der Waals surface area contributed by atoms with Crippen molar-refractivity contribution in [3.8, 4) is 0 Å². The molecule has 0 fully saturated rings. The summed E-state index contributed by atoms with van der Waals surface area (Å²) >= 11 is 0. The number of aliphatic hydroxyl groups excluding tert-OH is 1. The van der Waals surface area contributed by atoms with Crippen molar-refractivity contribution in [3.05, 3.63) is 35.9 Å². The Morgan fingerprint density at radius 2 is 1.47 bits per heavy atom. The predicted molar refractivity (Wildman–Crippen MR) is 130 cm³/mol. The van der Waals surface area contributed by atoms with Gasteiger partial charge in [-0.25, -0.2) is 4.79 Å². The zero-order chi connectivity index (χ0) is 27.4. The first-order valence-corrected chi connectivity index (χ1v) is 11.7. The Balaban J connectivity index is 3.08. The number of rotatable bonds is 15. The summed E-state index contributed by atoms with van der Waals surface area (Å²) in [6.07, 6.45) is -1.41. The van der Waals surface area contributed by atoms with E-state index in [1.807, 2.05) is 0 Å². The third-order valence-corrected chi connectivity index (χ3v) is 5.76. The van der Waals surface area contributed by atoms with Crippen molar-refractivity contribution in [1.82, 2.24) is 16.0 Å². The molecule has 8 N–H and O–H groups in total. The minimum atomic E-state index is -1.50. The number of carboxylic acid groups (broad SMARTS) is 2. The molecule has 200 valence electrons. The van der Waals surface area contributed by atoms with Crippen LogP contribution < -0.4 is 21.7 Å². The first-order valence-electron chi connectivity index (χ1n) is 11.7. The zero-order valence-electron chi connectivity index (χ0n) is 20.6. The van der Waals surface area contributed by atoms with Gasteiger partial charge in [0.2, 0.25) is 17.7 Å². The molecule has 0 aliphatic heterocycles. The number of carbonyl (C=O) groups is 5. The lowest BCUT2D eigenvalue weighted by atomic mass is 9.98. The van der Waals surface area contributed by atoms with E-state index < -0.39 is 59.9 Å². The molecule has 0 spiro atoms. The molecule has 0 saturated carbocycles. The number of nitrogens with one attached hydrogen (secondary N) is 3. The highest BCUT2D eigenvalue weighted by atomic mass is 16.4. The fraction of sp³-hybridized carbons (Fsp3) is 0.542. The zero-order valence-corrected chi connectivity index (χ0v) is 20.6. The number of carbonyl (C=O) groups excluding carboxylic acids is 3. The van der Waals surface area contributed by atoms with Crippen LogP contribution in [0.4, 0.5) is 0 Å². The van der Waals surface area contributed by atoms with E-state index in [1.54, 1.807) is 44.2 Å².